The largest absolute Gasteiger partial charge is 0.379 e. The predicted octanol–water partition coefficient (Wildman–Crippen LogP) is 2.12. The second kappa shape index (κ2) is 9.55. The summed E-state index contributed by atoms with van der Waals surface area (Å²) in [6.07, 6.45) is 2.09. The van der Waals surface area contributed by atoms with Crippen LogP contribution < -0.4 is 0 Å². The van der Waals surface area contributed by atoms with E-state index < -0.39 is 0 Å². The lowest BCUT2D eigenvalue weighted by Gasteiger charge is -2.26. The zero-order valence-electron chi connectivity index (χ0n) is 16.7. The van der Waals surface area contributed by atoms with E-state index in [0.717, 1.165) is 55.0 Å². The molecule has 1 aromatic heterocycles. The quantitative estimate of drug-likeness (QED) is 0.295. The van der Waals surface area contributed by atoms with Gasteiger partial charge < -0.3 is 9.30 Å². The van der Waals surface area contributed by atoms with Gasteiger partial charge in [0.15, 0.2) is 0 Å². The first-order valence-electron chi connectivity index (χ1n) is 9.98. The van der Waals surface area contributed by atoms with Crippen molar-refractivity contribution in [2.75, 3.05) is 32.8 Å². The number of nitrogens with zero attached hydrogens (tertiary/aromatic N) is 4. The van der Waals surface area contributed by atoms with Crippen LogP contribution in [-0.4, -0.2) is 64.0 Å². The minimum Gasteiger partial charge on any atom is -0.379 e. The summed E-state index contributed by atoms with van der Waals surface area (Å²) in [5, 5.41) is 9.88. The average molecular weight is 404 g/mol. The molecule has 1 fully saturated rings. The Morgan fingerprint density at radius 3 is 2.60 bits per heavy atom. The molecular weight excluding hydrogens is 380 g/mol. The monoisotopic (exact) mass is 404 g/mol. The summed E-state index contributed by atoms with van der Waals surface area (Å²) in [4.78, 5) is 17.3. The van der Waals surface area contributed by atoms with Gasteiger partial charge in [-0.1, -0.05) is 24.0 Å². The summed E-state index contributed by atoms with van der Waals surface area (Å²) in [5.41, 5.74) is 4.92. The first-order valence-corrected chi connectivity index (χ1v) is 9.98. The van der Waals surface area contributed by atoms with E-state index in [1.807, 2.05) is 22.8 Å². The maximum atomic E-state index is 10.5. The molecule has 1 N–H and O–H groups in total. The van der Waals surface area contributed by atoms with Crippen LogP contribution >= 0.6 is 0 Å². The van der Waals surface area contributed by atoms with E-state index in [1.54, 1.807) is 6.33 Å². The van der Waals surface area contributed by atoms with Crippen molar-refractivity contribution in [2.24, 2.45) is 0 Å². The summed E-state index contributed by atoms with van der Waals surface area (Å²) in [6, 6.07) is 14.2. The number of benzene rings is 2. The molecule has 0 spiro atoms. The van der Waals surface area contributed by atoms with Gasteiger partial charge in [-0.3, -0.25) is 14.9 Å². The number of aromatic nitrogens is 2. The van der Waals surface area contributed by atoms with Crippen LogP contribution in [0.2, 0.25) is 0 Å². The van der Waals surface area contributed by atoms with Gasteiger partial charge in [-0.05, 0) is 35.9 Å². The smallest absolute Gasteiger partial charge is 0.233 e. The maximum absolute atomic E-state index is 10.5. The first kappa shape index (κ1) is 20.1. The second-order valence-corrected chi connectivity index (χ2v) is 7.25. The number of rotatable bonds is 6. The lowest BCUT2D eigenvalue weighted by atomic mass is 10.1. The summed E-state index contributed by atoms with van der Waals surface area (Å²) < 4.78 is 7.29. The molecular formula is C23H24N4O3. The molecule has 0 bridgehead atoms. The highest BCUT2D eigenvalue weighted by Crippen LogP contribution is 2.15. The van der Waals surface area contributed by atoms with Gasteiger partial charge in [0.1, 0.15) is 0 Å². The second-order valence-electron chi connectivity index (χ2n) is 7.25. The van der Waals surface area contributed by atoms with Crippen LogP contribution in [0.5, 0.6) is 0 Å². The third-order valence-electron chi connectivity index (χ3n) is 5.13. The molecule has 2 heterocycles. The number of fused-ring (bicyclic) bond motifs is 1. The number of imidazole rings is 1. The highest BCUT2D eigenvalue weighted by molar-refractivity contribution is 5.77. The van der Waals surface area contributed by atoms with Gasteiger partial charge in [-0.25, -0.2) is 10.0 Å². The molecule has 4 rings (SSSR count). The molecule has 7 nitrogen and oxygen atoms in total. The number of morpholine rings is 1. The Hall–Kier alpha value is -3.18. The van der Waals surface area contributed by atoms with E-state index in [1.165, 1.54) is 5.56 Å². The van der Waals surface area contributed by atoms with Gasteiger partial charge in [0.2, 0.25) is 6.41 Å². The van der Waals surface area contributed by atoms with E-state index in [-0.39, 0.29) is 6.54 Å². The van der Waals surface area contributed by atoms with Crippen molar-refractivity contribution in [2.45, 2.75) is 13.1 Å². The van der Waals surface area contributed by atoms with Crippen LogP contribution in [0.25, 0.3) is 11.0 Å². The van der Waals surface area contributed by atoms with Crippen molar-refractivity contribution in [3.8, 4) is 11.8 Å². The Morgan fingerprint density at radius 1 is 1.10 bits per heavy atom. The highest BCUT2D eigenvalue weighted by atomic mass is 16.5. The fourth-order valence-electron chi connectivity index (χ4n) is 3.44. The third kappa shape index (κ3) is 5.05. The van der Waals surface area contributed by atoms with Crippen LogP contribution in [0, 0.1) is 11.8 Å². The van der Waals surface area contributed by atoms with Gasteiger partial charge in [0.05, 0.1) is 37.1 Å². The Labute approximate surface area is 175 Å². The Morgan fingerprint density at radius 2 is 1.83 bits per heavy atom. The van der Waals surface area contributed by atoms with Crippen molar-refractivity contribution in [3.63, 3.8) is 0 Å². The molecule has 2 aromatic carbocycles. The molecule has 30 heavy (non-hydrogen) atoms. The van der Waals surface area contributed by atoms with Crippen molar-refractivity contribution in [1.29, 1.82) is 0 Å². The number of hydrogen-bond donors (Lipinski definition) is 1. The molecule has 0 radical (unpaired) electrons. The molecule has 1 aliphatic heterocycles. The molecule has 0 aliphatic carbocycles. The van der Waals surface area contributed by atoms with Crippen LogP contribution in [0.15, 0.2) is 48.8 Å². The van der Waals surface area contributed by atoms with E-state index in [9.17, 15) is 10.0 Å². The Kier molecular flexibility index (Phi) is 6.40. The Bertz CT molecular complexity index is 1060. The molecule has 0 unspecified atom stereocenters. The van der Waals surface area contributed by atoms with E-state index in [2.05, 4.69) is 46.0 Å². The number of hydrogen-bond acceptors (Lipinski definition) is 5. The molecule has 0 saturated carbocycles. The topological polar surface area (TPSA) is 70.8 Å². The Balaban J connectivity index is 1.41. The van der Waals surface area contributed by atoms with Crippen molar-refractivity contribution in [1.82, 2.24) is 19.5 Å². The molecule has 1 aliphatic rings. The van der Waals surface area contributed by atoms with Crippen LogP contribution in [0.4, 0.5) is 0 Å². The number of carbonyl (C=O) groups is 1. The standard InChI is InChI=1S/C23H24N4O3/c28-18-27(29)10-9-26-17-24-22-15-20(7-8-23(22)26)4-1-19-2-5-21(6-3-19)16-25-11-13-30-14-12-25/h2-3,5-8,15,17-18,29H,9-14,16H2. The fraction of sp³-hybridized carbons (Fsp3) is 0.304. The highest BCUT2D eigenvalue weighted by Gasteiger charge is 2.10. The zero-order chi connectivity index (χ0) is 20.8. The fourth-order valence-corrected chi connectivity index (χ4v) is 3.44. The minimum absolute atomic E-state index is 0.206. The molecule has 1 amide bonds. The summed E-state index contributed by atoms with van der Waals surface area (Å²) >= 11 is 0. The average Bonchev–Trinajstić information content (AvgIpc) is 3.20. The van der Waals surface area contributed by atoms with E-state index in [0.29, 0.717) is 18.0 Å². The zero-order valence-corrected chi connectivity index (χ0v) is 16.7. The van der Waals surface area contributed by atoms with Gasteiger partial charge in [-0.2, -0.15) is 0 Å². The number of hydroxylamine groups is 2. The molecule has 154 valence electrons. The molecule has 3 aromatic rings. The van der Waals surface area contributed by atoms with Gasteiger partial charge in [-0.15, -0.1) is 0 Å². The summed E-state index contributed by atoms with van der Waals surface area (Å²) in [7, 11) is 0. The summed E-state index contributed by atoms with van der Waals surface area (Å²) in [5.74, 6) is 6.42. The van der Waals surface area contributed by atoms with Crippen molar-refractivity contribution in [3.05, 3.63) is 65.5 Å². The third-order valence-corrected chi connectivity index (χ3v) is 5.13. The normalized spacial score (nSPS) is 14.3. The first-order chi connectivity index (χ1) is 14.7. The molecule has 1 saturated heterocycles. The van der Waals surface area contributed by atoms with Crippen LogP contribution in [0.3, 0.4) is 0 Å². The van der Waals surface area contributed by atoms with Gasteiger partial charge >= 0.3 is 0 Å². The minimum atomic E-state index is 0.206. The van der Waals surface area contributed by atoms with Crippen LogP contribution in [-0.2, 0) is 22.6 Å². The number of amides is 1. The lowest BCUT2D eigenvalue weighted by molar-refractivity contribution is -0.150. The van der Waals surface area contributed by atoms with Gasteiger partial charge in [0.25, 0.3) is 0 Å². The molecule has 0 atom stereocenters. The lowest BCUT2D eigenvalue weighted by Crippen LogP contribution is -2.35. The van der Waals surface area contributed by atoms with Crippen molar-refractivity contribution < 1.29 is 14.7 Å². The predicted molar refractivity (Wildman–Crippen MR) is 113 cm³/mol. The SMILES string of the molecule is O=CN(O)CCn1cnc2cc(C#Cc3ccc(CN4CCOCC4)cc3)ccc21. The van der Waals surface area contributed by atoms with E-state index in [4.69, 9.17) is 4.74 Å². The maximum Gasteiger partial charge on any atom is 0.233 e. The van der Waals surface area contributed by atoms with Crippen LogP contribution in [0.1, 0.15) is 16.7 Å². The van der Waals surface area contributed by atoms with Crippen molar-refractivity contribution >= 4 is 17.4 Å². The number of carbonyl (C=O) groups excluding carboxylic acids is 1. The van der Waals surface area contributed by atoms with E-state index >= 15 is 0 Å². The molecule has 7 heteroatoms. The van der Waals surface area contributed by atoms with Gasteiger partial charge in [0, 0.05) is 37.3 Å². The number of ether oxygens (including phenoxy) is 1. The summed E-state index contributed by atoms with van der Waals surface area (Å²) in [6.45, 7) is 5.20.